The second-order valence-corrected chi connectivity index (χ2v) is 37.3. The van der Waals surface area contributed by atoms with E-state index >= 15 is 0 Å². The van der Waals surface area contributed by atoms with Gasteiger partial charge in [-0.15, -0.1) is 0 Å². The van der Waals surface area contributed by atoms with Gasteiger partial charge in [0.2, 0.25) is 0 Å². The minimum Gasteiger partial charge on any atom is -0.377 e. The lowest BCUT2D eigenvalue weighted by Crippen LogP contribution is -2.36. The average Bonchev–Trinajstić information content (AvgIpc) is 0.740. The van der Waals surface area contributed by atoms with Crippen LogP contribution in [0.2, 0.25) is 0 Å². The van der Waals surface area contributed by atoms with Crippen molar-refractivity contribution in [2.45, 2.75) is 118 Å². The van der Waals surface area contributed by atoms with Gasteiger partial charge in [-0.2, -0.15) is 15.3 Å². The Kier molecular flexibility index (Phi) is 25.5. The van der Waals surface area contributed by atoms with Gasteiger partial charge in [0.05, 0.1) is 75.3 Å². The molecule has 15 aromatic rings. The van der Waals surface area contributed by atoms with E-state index in [1.54, 1.807) is 6.20 Å². The molecule has 25 rings (SSSR count). The molecule has 0 bridgehead atoms. The fourth-order valence-electron chi connectivity index (χ4n) is 22.3. The van der Waals surface area contributed by atoms with Crippen LogP contribution in [-0.2, 0) is 38.6 Å². The summed E-state index contributed by atoms with van der Waals surface area (Å²) >= 11 is 0. The van der Waals surface area contributed by atoms with Crippen LogP contribution >= 0.6 is 0 Å². The van der Waals surface area contributed by atoms with Gasteiger partial charge in [0.25, 0.3) is 0 Å². The fraction of sp³-hybridized carbons (Fsp3) is 0.190. The number of aliphatic imine (C=N–C) groups is 2. The minimum absolute atomic E-state index is 0.00320. The third-order valence-corrected chi connectivity index (χ3v) is 28.5. The highest BCUT2D eigenvalue weighted by Crippen LogP contribution is 2.52. The van der Waals surface area contributed by atoms with E-state index in [1.165, 1.54) is 83.5 Å². The molecule has 0 radical (unpaired) electrons. The molecule has 5 N–H and O–H groups in total. The van der Waals surface area contributed by atoms with Crippen molar-refractivity contribution in [3.8, 4) is 0 Å². The fourth-order valence-corrected chi connectivity index (χ4v) is 22.3. The van der Waals surface area contributed by atoms with Gasteiger partial charge in [0, 0.05) is 164 Å². The molecule has 139 heavy (non-hydrogen) atoms. The molecule has 12 heterocycles. The number of nitrogens with zero attached hydrogens (tertiary/aromatic N) is 11. The number of carbonyl (C=O) groups excluding carboxylic acids is 2. The summed E-state index contributed by atoms with van der Waals surface area (Å²) in [6, 6.07) is 106. The van der Waals surface area contributed by atoms with E-state index in [0.29, 0.717) is 5.92 Å². The van der Waals surface area contributed by atoms with Gasteiger partial charge in [-0.05, 0) is 179 Å². The summed E-state index contributed by atoms with van der Waals surface area (Å²) in [5.74, 6) is 1.50. The number of aromatic nitrogens is 5. The Morgan fingerprint density at radius 1 is 0.331 bits per heavy atom. The Labute approximate surface area is 812 Å². The van der Waals surface area contributed by atoms with Crippen LogP contribution in [0.25, 0.3) is 17.1 Å². The van der Waals surface area contributed by atoms with Crippen molar-refractivity contribution in [1.29, 1.82) is 0 Å². The second-order valence-electron chi connectivity index (χ2n) is 37.3. The lowest BCUT2D eigenvalue weighted by molar-refractivity contribution is 0.0992. The Morgan fingerprint density at radius 2 is 0.727 bits per heavy atom. The smallest absolute Gasteiger partial charge is 0.184 e. The average molecular weight is 1820 g/mol. The van der Waals surface area contributed by atoms with Crippen molar-refractivity contribution >= 4 is 68.6 Å². The Balaban J connectivity index is 0.000000103. The molecule has 684 valence electrons. The molecule has 0 spiro atoms. The molecule has 5 aromatic heterocycles. The van der Waals surface area contributed by atoms with Crippen molar-refractivity contribution < 1.29 is 9.59 Å². The van der Waals surface area contributed by atoms with Crippen LogP contribution in [0.1, 0.15) is 234 Å². The molecular weight excluding hydrogens is 1710 g/mol. The van der Waals surface area contributed by atoms with Crippen LogP contribution in [0.5, 0.6) is 0 Å². The molecule has 0 saturated heterocycles. The van der Waals surface area contributed by atoms with Crippen LogP contribution in [0.15, 0.2) is 392 Å². The monoisotopic (exact) mass is 1820 g/mol. The summed E-state index contributed by atoms with van der Waals surface area (Å²) in [7, 11) is 4.19. The summed E-state index contributed by atoms with van der Waals surface area (Å²) < 4.78 is 0. The number of Topliss-reactive ketones (excluding diaryl/α,β-unsaturated/α-hetero) is 2. The lowest BCUT2D eigenvalue weighted by Gasteiger charge is -2.38. The van der Waals surface area contributed by atoms with E-state index in [0.717, 1.165) is 164 Å². The van der Waals surface area contributed by atoms with Gasteiger partial charge in [0.1, 0.15) is 13.1 Å². The van der Waals surface area contributed by atoms with Crippen molar-refractivity contribution in [2.24, 2.45) is 25.3 Å². The number of pyridine rings is 5. The zero-order chi connectivity index (χ0) is 94.6. The first kappa shape index (κ1) is 89.4. The molecule has 0 amide bonds. The lowest BCUT2D eigenvalue weighted by atomic mass is 9.68. The van der Waals surface area contributed by atoms with Crippen LogP contribution in [0.3, 0.4) is 0 Å². The number of nitrogens with one attached hydrogen (secondary N) is 5. The zero-order valence-electron chi connectivity index (χ0n) is 78.4. The van der Waals surface area contributed by atoms with Crippen molar-refractivity contribution in [2.75, 3.05) is 37.8 Å². The highest BCUT2D eigenvalue weighted by molar-refractivity contribution is 6.23. The van der Waals surface area contributed by atoms with E-state index in [-0.39, 0.29) is 78.2 Å². The molecule has 0 saturated carbocycles. The number of hydrogen-bond acceptors (Lipinski definition) is 18. The van der Waals surface area contributed by atoms with E-state index in [1.807, 2.05) is 110 Å². The molecule has 10 atom stereocenters. The quantitative estimate of drug-likeness (QED) is 0.0645. The summed E-state index contributed by atoms with van der Waals surface area (Å²) in [6.07, 6.45) is 19.1. The number of benzene rings is 10. The predicted molar refractivity (Wildman–Crippen MR) is 560 cm³/mol. The summed E-state index contributed by atoms with van der Waals surface area (Å²) in [5, 5.41) is 21.7. The zero-order valence-corrected chi connectivity index (χ0v) is 78.4. The van der Waals surface area contributed by atoms with Crippen LogP contribution < -0.4 is 26.9 Å². The summed E-state index contributed by atoms with van der Waals surface area (Å²) in [4.78, 5) is 59.5. The Bertz CT molecular complexity index is 7180. The molecule has 0 fully saturated rings. The van der Waals surface area contributed by atoms with E-state index in [2.05, 4.69) is 330 Å². The van der Waals surface area contributed by atoms with Gasteiger partial charge >= 0.3 is 0 Å². The van der Waals surface area contributed by atoms with Crippen molar-refractivity contribution in [3.63, 3.8) is 0 Å². The topological polar surface area (TPSA) is 224 Å². The molecule has 10 aliphatic rings. The van der Waals surface area contributed by atoms with E-state index < -0.39 is 0 Å². The first-order chi connectivity index (χ1) is 68.3. The molecule has 10 aromatic carbocycles. The van der Waals surface area contributed by atoms with Gasteiger partial charge in [-0.1, -0.05) is 283 Å². The number of anilines is 2. The molecule has 18 nitrogen and oxygen atoms in total. The van der Waals surface area contributed by atoms with Crippen LogP contribution in [0.4, 0.5) is 11.4 Å². The number of rotatable bonds is 15. The highest BCUT2D eigenvalue weighted by Gasteiger charge is 2.46. The number of hydrazone groups is 3. The minimum atomic E-state index is -0.0391. The van der Waals surface area contributed by atoms with Crippen molar-refractivity contribution in [3.05, 3.63) is 511 Å². The van der Waals surface area contributed by atoms with Crippen LogP contribution in [-0.4, -0.2) is 97.1 Å². The third-order valence-electron chi connectivity index (χ3n) is 28.5. The van der Waals surface area contributed by atoms with Gasteiger partial charge in [0.15, 0.2) is 11.6 Å². The predicted octanol–water partition coefficient (Wildman–Crippen LogP) is 23.1. The summed E-state index contributed by atoms with van der Waals surface area (Å²) in [5.41, 5.74) is 49.8. The highest BCUT2D eigenvalue weighted by atomic mass is 16.1. The van der Waals surface area contributed by atoms with Crippen molar-refractivity contribution in [1.82, 2.24) is 46.1 Å². The number of hydrogen-bond donors (Lipinski definition) is 5. The maximum absolute atomic E-state index is 12.5. The van der Waals surface area contributed by atoms with Gasteiger partial charge in [-0.3, -0.25) is 60.8 Å². The number of ketones is 2. The van der Waals surface area contributed by atoms with E-state index in [9.17, 15) is 9.59 Å². The molecule has 10 unspecified atom stereocenters. The number of carbonyl (C=O) groups is 2. The SMILES string of the molecule is C=C1NN=C2c3c(cccc31)CC(c1ccccn1)C2c1ccc(CN(C)C)cc1.C=C1NN=C2c3c(cccc31)CC(c1ccccn1)C2c1ccccc1.C=C1NN=C2c3c(cccc31)CC(c1cccnc1)C2c1ccccc1.CCCc1cccc(C2C3=NCC(=O)c4cccc(c43)NC2c2ccccn2)c1.CCc1cccc(C2C3=NCC(=O)c4cccc(c43)NC2c2cccnc2)c1. The maximum Gasteiger partial charge on any atom is 0.184 e. The normalized spacial score (nSPS) is 20.3. The Morgan fingerprint density at radius 3 is 1.18 bits per heavy atom. The van der Waals surface area contributed by atoms with E-state index in [4.69, 9.17) is 30.3 Å². The van der Waals surface area contributed by atoms with Gasteiger partial charge < -0.3 is 15.5 Å². The summed E-state index contributed by atoms with van der Waals surface area (Å²) in [6.45, 7) is 18.2. The maximum atomic E-state index is 12.5. The second kappa shape index (κ2) is 39.6. The van der Waals surface area contributed by atoms with Crippen LogP contribution in [0, 0.1) is 0 Å². The Hall–Kier alpha value is -16.2. The standard InChI is InChI=1S/C26H26N4.C25H23N3O.C24H21N3O.2C23H19N3/c1-17-21-8-6-7-20-15-22(23-9-4-5-14-27-23)24(26(25(20)21)29-28-17)19-12-10-18(11-13-19)16-30(2)3;1-2-7-16-8-5-9-17(14-16)22-24(20-11-3-4-13-26-20)28-19-12-6-10-18-21(29)15-27-25(22)23(18)19;1-2-15-6-3-7-16(12-15)21-23(17-8-5-11-25-13-17)27-19-10-4-9-18-20(28)14-26-24(21)22(18)19;1-15-19-11-5-9-17-13-20(18-10-6-12-24-14-18)21(16-7-3-2-4-8-16)23(22(17)19)26-25-15;1-15-18-11-7-10-17-14-19(20-12-5-6-13-24-20)21(16-8-3-2-4-9-16)23(22(17)18)26-25-15/h4-14,22,24,28H,1,15-16H2,2-3H3;3-6,8-14,22,24,28H,2,7,15H2,1H3;3-13,21,23,27H,2,14H2,1H3;2-12,14,20-21,25H,1,13H2;2-13,19,21,25H,1,14H2. The first-order valence-electron chi connectivity index (χ1n) is 48.2. The van der Waals surface area contributed by atoms with Gasteiger partial charge in [-0.25, -0.2) is 0 Å². The molecule has 18 heteroatoms. The molecular formula is C121H108N16O2. The third kappa shape index (κ3) is 17.8. The largest absolute Gasteiger partial charge is 0.377 e. The molecule has 7 aliphatic heterocycles. The number of aryl methyl sites for hydroxylation is 2. The first-order valence-corrected chi connectivity index (χ1v) is 48.2. The molecule has 3 aliphatic carbocycles.